The third kappa shape index (κ3) is 3.09. The van der Waals surface area contributed by atoms with Gasteiger partial charge in [0.2, 0.25) is 0 Å². The molecule has 0 aliphatic heterocycles. The van der Waals surface area contributed by atoms with Crippen LogP contribution < -0.4 is 5.32 Å². The Bertz CT molecular complexity index is 337. The Morgan fingerprint density at radius 1 is 1.41 bits per heavy atom. The van der Waals surface area contributed by atoms with Gasteiger partial charge in [0.25, 0.3) is 0 Å². The average Bonchev–Trinajstić information content (AvgIpc) is 2.76. The highest BCUT2D eigenvalue weighted by Gasteiger charge is 2.22. The number of aryl methyl sites for hydroxylation is 1. The van der Waals surface area contributed by atoms with Gasteiger partial charge < -0.3 is 9.88 Å². The maximum Gasteiger partial charge on any atom is 0.125 e. The van der Waals surface area contributed by atoms with Crippen molar-refractivity contribution < 1.29 is 0 Å². The molecule has 3 nitrogen and oxygen atoms in total. The van der Waals surface area contributed by atoms with Crippen molar-refractivity contribution in [1.29, 1.82) is 0 Å². The van der Waals surface area contributed by atoms with Crippen LogP contribution in [0.3, 0.4) is 0 Å². The zero-order valence-electron chi connectivity index (χ0n) is 11.3. The molecule has 0 radical (unpaired) electrons. The number of hydrogen-bond donors (Lipinski definition) is 1. The van der Waals surface area contributed by atoms with Crippen molar-refractivity contribution in [1.82, 2.24) is 14.9 Å². The van der Waals surface area contributed by atoms with E-state index in [4.69, 9.17) is 0 Å². The van der Waals surface area contributed by atoms with E-state index in [2.05, 4.69) is 35.8 Å². The lowest BCUT2D eigenvalue weighted by Crippen LogP contribution is -2.35. The summed E-state index contributed by atoms with van der Waals surface area (Å²) in [4.78, 5) is 4.41. The maximum absolute atomic E-state index is 4.41. The molecule has 2 rings (SSSR count). The molecule has 96 valence electrons. The van der Waals surface area contributed by atoms with Crippen LogP contribution in [-0.2, 0) is 7.05 Å². The molecule has 3 heteroatoms. The molecule has 1 fully saturated rings. The maximum atomic E-state index is 4.41. The third-order valence-electron chi connectivity index (χ3n) is 4.16. The fraction of sp³-hybridized carbons (Fsp3) is 0.786. The predicted octanol–water partition coefficient (Wildman–Crippen LogP) is 3.04. The van der Waals surface area contributed by atoms with Crippen molar-refractivity contribution in [2.75, 3.05) is 0 Å². The van der Waals surface area contributed by atoms with Crippen LogP contribution in [0.15, 0.2) is 12.4 Å². The topological polar surface area (TPSA) is 29.9 Å². The van der Waals surface area contributed by atoms with E-state index in [-0.39, 0.29) is 0 Å². The largest absolute Gasteiger partial charge is 0.337 e. The molecule has 0 spiro atoms. The Morgan fingerprint density at radius 2 is 2.12 bits per heavy atom. The minimum Gasteiger partial charge on any atom is -0.337 e. The molecule has 1 aliphatic rings. The molecule has 1 aromatic rings. The molecule has 0 saturated heterocycles. The second-order valence-corrected chi connectivity index (χ2v) is 5.41. The molecule has 1 unspecified atom stereocenters. The van der Waals surface area contributed by atoms with Crippen molar-refractivity contribution in [2.24, 2.45) is 13.0 Å². The van der Waals surface area contributed by atoms with E-state index >= 15 is 0 Å². The summed E-state index contributed by atoms with van der Waals surface area (Å²) in [6.07, 6.45) is 10.7. The van der Waals surface area contributed by atoms with Gasteiger partial charge >= 0.3 is 0 Å². The van der Waals surface area contributed by atoms with Crippen molar-refractivity contribution in [3.8, 4) is 0 Å². The molecule has 1 saturated carbocycles. The number of aromatic nitrogens is 2. The second-order valence-electron chi connectivity index (χ2n) is 5.41. The predicted molar refractivity (Wildman–Crippen MR) is 70.8 cm³/mol. The number of nitrogens with zero attached hydrogens (tertiary/aromatic N) is 2. The summed E-state index contributed by atoms with van der Waals surface area (Å²) < 4.78 is 2.11. The van der Waals surface area contributed by atoms with Gasteiger partial charge in [0.15, 0.2) is 0 Å². The summed E-state index contributed by atoms with van der Waals surface area (Å²) in [5, 5.41) is 3.72. The van der Waals surface area contributed by atoms with Crippen LogP contribution in [0.2, 0.25) is 0 Å². The third-order valence-corrected chi connectivity index (χ3v) is 4.16. The van der Waals surface area contributed by atoms with Gasteiger partial charge in [-0.1, -0.05) is 13.3 Å². The zero-order valence-corrected chi connectivity index (χ0v) is 11.3. The summed E-state index contributed by atoms with van der Waals surface area (Å²) in [6.45, 7) is 4.53. The van der Waals surface area contributed by atoms with Crippen molar-refractivity contribution in [3.63, 3.8) is 0 Å². The Kier molecular flexibility index (Phi) is 4.21. The van der Waals surface area contributed by atoms with E-state index in [9.17, 15) is 0 Å². The molecule has 0 bridgehead atoms. The Balaban J connectivity index is 1.84. The first kappa shape index (κ1) is 12.6. The summed E-state index contributed by atoms with van der Waals surface area (Å²) in [5.74, 6) is 2.11. The van der Waals surface area contributed by atoms with Crippen molar-refractivity contribution in [3.05, 3.63) is 18.2 Å². The normalized spacial score (nSPS) is 27.0. The van der Waals surface area contributed by atoms with E-state index in [0.29, 0.717) is 12.1 Å². The molecule has 1 heterocycles. The van der Waals surface area contributed by atoms with E-state index in [1.165, 1.54) is 32.1 Å². The van der Waals surface area contributed by atoms with Crippen LogP contribution in [0.4, 0.5) is 0 Å². The summed E-state index contributed by atoms with van der Waals surface area (Å²) >= 11 is 0. The van der Waals surface area contributed by atoms with Gasteiger partial charge in [0, 0.05) is 25.5 Å². The van der Waals surface area contributed by atoms with Crippen molar-refractivity contribution >= 4 is 0 Å². The fourth-order valence-electron chi connectivity index (χ4n) is 2.96. The lowest BCUT2D eigenvalue weighted by atomic mass is 9.84. The molecule has 0 aromatic carbocycles. The van der Waals surface area contributed by atoms with E-state index in [1.807, 2.05) is 12.4 Å². The Hall–Kier alpha value is -0.830. The number of rotatable bonds is 4. The molecule has 0 amide bonds. The molecule has 1 atom stereocenters. The first-order valence-corrected chi connectivity index (χ1v) is 6.94. The smallest absolute Gasteiger partial charge is 0.125 e. The van der Waals surface area contributed by atoms with Gasteiger partial charge in [-0.05, 0) is 38.5 Å². The van der Waals surface area contributed by atoms with E-state index in [0.717, 1.165) is 11.7 Å². The molecule has 1 N–H and O–H groups in total. The van der Waals surface area contributed by atoms with Gasteiger partial charge in [0.05, 0.1) is 6.04 Å². The standard InChI is InChI=1S/C14H25N3/c1-4-12-5-7-13(8-6-12)16-11(2)14-15-9-10-17(14)3/h9-13,16H,4-8H2,1-3H3. The Morgan fingerprint density at radius 3 is 2.65 bits per heavy atom. The van der Waals surface area contributed by atoms with Gasteiger partial charge in [-0.25, -0.2) is 4.98 Å². The van der Waals surface area contributed by atoms with E-state index < -0.39 is 0 Å². The Labute approximate surface area is 105 Å². The number of hydrogen-bond acceptors (Lipinski definition) is 2. The zero-order chi connectivity index (χ0) is 12.3. The lowest BCUT2D eigenvalue weighted by Gasteiger charge is -2.30. The SMILES string of the molecule is CCC1CCC(NC(C)c2nccn2C)CC1. The van der Waals surface area contributed by atoms with Gasteiger partial charge in [-0.3, -0.25) is 0 Å². The molecular formula is C14H25N3. The van der Waals surface area contributed by atoms with Crippen LogP contribution in [0.5, 0.6) is 0 Å². The highest BCUT2D eigenvalue weighted by molar-refractivity contribution is 4.98. The summed E-state index contributed by atoms with van der Waals surface area (Å²) in [6, 6.07) is 1.04. The lowest BCUT2D eigenvalue weighted by molar-refractivity contribution is 0.270. The van der Waals surface area contributed by atoms with Gasteiger partial charge in [-0.2, -0.15) is 0 Å². The van der Waals surface area contributed by atoms with Gasteiger partial charge in [0.1, 0.15) is 5.82 Å². The van der Waals surface area contributed by atoms with Gasteiger partial charge in [-0.15, -0.1) is 0 Å². The first-order valence-electron chi connectivity index (χ1n) is 6.94. The molecule has 1 aliphatic carbocycles. The quantitative estimate of drug-likeness (QED) is 0.869. The number of nitrogens with one attached hydrogen (secondary N) is 1. The van der Waals surface area contributed by atoms with Crippen LogP contribution in [-0.4, -0.2) is 15.6 Å². The fourth-order valence-corrected chi connectivity index (χ4v) is 2.96. The van der Waals surface area contributed by atoms with E-state index in [1.54, 1.807) is 0 Å². The molecule has 17 heavy (non-hydrogen) atoms. The summed E-state index contributed by atoms with van der Waals surface area (Å²) in [5.41, 5.74) is 0. The molecular weight excluding hydrogens is 210 g/mol. The summed E-state index contributed by atoms with van der Waals surface area (Å²) in [7, 11) is 2.06. The van der Waals surface area contributed by atoms with Crippen LogP contribution in [0.1, 0.15) is 57.8 Å². The average molecular weight is 235 g/mol. The van der Waals surface area contributed by atoms with Crippen molar-refractivity contribution in [2.45, 2.75) is 58.0 Å². The number of imidazole rings is 1. The molecule has 1 aromatic heterocycles. The minimum absolute atomic E-state index is 0.359. The highest BCUT2D eigenvalue weighted by Crippen LogP contribution is 2.27. The monoisotopic (exact) mass is 235 g/mol. The van der Waals surface area contributed by atoms with Crippen LogP contribution >= 0.6 is 0 Å². The highest BCUT2D eigenvalue weighted by atomic mass is 15.1. The first-order chi connectivity index (χ1) is 8.20. The van der Waals surface area contributed by atoms with Crippen LogP contribution in [0, 0.1) is 5.92 Å². The minimum atomic E-state index is 0.359. The van der Waals surface area contributed by atoms with Crippen LogP contribution in [0.25, 0.3) is 0 Å². The second kappa shape index (κ2) is 5.67.